The van der Waals surface area contributed by atoms with Crippen molar-refractivity contribution >= 4 is 5.91 Å². The van der Waals surface area contributed by atoms with E-state index < -0.39 is 0 Å². The van der Waals surface area contributed by atoms with Crippen molar-refractivity contribution in [3.63, 3.8) is 0 Å². The van der Waals surface area contributed by atoms with E-state index in [2.05, 4.69) is 24.4 Å². The van der Waals surface area contributed by atoms with Gasteiger partial charge in [0.25, 0.3) is 0 Å². The maximum atomic E-state index is 13.3. The Balaban J connectivity index is 1.37. The van der Waals surface area contributed by atoms with Crippen LogP contribution >= 0.6 is 0 Å². The van der Waals surface area contributed by atoms with Crippen molar-refractivity contribution in [1.82, 2.24) is 5.32 Å². The van der Waals surface area contributed by atoms with Gasteiger partial charge in [-0.15, -0.1) is 0 Å². The van der Waals surface area contributed by atoms with Gasteiger partial charge in [0.1, 0.15) is 12.4 Å². The number of amides is 1. The summed E-state index contributed by atoms with van der Waals surface area (Å²) in [5.41, 5.74) is 1.75. The molecule has 2 bridgehead atoms. The van der Waals surface area contributed by atoms with Crippen LogP contribution in [0.4, 0.5) is 4.39 Å². The Morgan fingerprint density at radius 1 is 1.13 bits per heavy atom. The third-order valence-electron chi connectivity index (χ3n) is 8.08. The van der Waals surface area contributed by atoms with Crippen LogP contribution in [0, 0.1) is 5.41 Å². The Labute approximate surface area is 185 Å². The van der Waals surface area contributed by atoms with Crippen molar-refractivity contribution in [3.05, 3.63) is 41.7 Å². The maximum absolute atomic E-state index is 13.3. The van der Waals surface area contributed by atoms with Crippen molar-refractivity contribution < 1.29 is 18.7 Å². The fourth-order valence-electron chi connectivity index (χ4n) is 5.69. The first-order valence-electron chi connectivity index (χ1n) is 11.8. The van der Waals surface area contributed by atoms with Gasteiger partial charge in [0.2, 0.25) is 5.91 Å². The van der Waals surface area contributed by atoms with E-state index in [0.717, 1.165) is 63.7 Å². The highest BCUT2D eigenvalue weighted by Gasteiger charge is 2.53. The van der Waals surface area contributed by atoms with Crippen LogP contribution in [0.1, 0.15) is 77.2 Å². The minimum absolute atomic E-state index is 0.172. The molecule has 4 aliphatic rings. The van der Waals surface area contributed by atoms with Crippen LogP contribution in [-0.2, 0) is 14.9 Å². The van der Waals surface area contributed by atoms with Crippen LogP contribution < -0.4 is 10.1 Å². The van der Waals surface area contributed by atoms with E-state index in [1.807, 2.05) is 19.1 Å². The van der Waals surface area contributed by atoms with Gasteiger partial charge < -0.3 is 14.8 Å². The normalized spacial score (nSPS) is 33.2. The highest BCUT2D eigenvalue weighted by molar-refractivity contribution is 5.84. The van der Waals surface area contributed by atoms with E-state index in [4.69, 9.17) is 9.47 Å². The zero-order chi connectivity index (χ0) is 22.0. The van der Waals surface area contributed by atoms with E-state index in [1.165, 1.54) is 5.56 Å². The Kier molecular flexibility index (Phi) is 6.43. The molecule has 0 spiro atoms. The predicted octanol–water partition coefficient (Wildman–Crippen LogP) is 5.61. The van der Waals surface area contributed by atoms with Gasteiger partial charge in [-0.3, -0.25) is 4.79 Å². The second kappa shape index (κ2) is 8.93. The molecule has 4 nitrogen and oxygen atoms in total. The molecule has 1 unspecified atom stereocenters. The number of carbonyl (C=O) groups excluding carboxylic acids is 1. The largest absolute Gasteiger partial charge is 0.489 e. The molecule has 1 saturated heterocycles. The number of benzene rings is 1. The van der Waals surface area contributed by atoms with Crippen LogP contribution in [0.3, 0.4) is 0 Å². The lowest BCUT2D eigenvalue weighted by atomic mass is 9.51. The van der Waals surface area contributed by atoms with Gasteiger partial charge in [-0.1, -0.05) is 19.1 Å². The summed E-state index contributed by atoms with van der Waals surface area (Å²) in [6, 6.07) is 8.34. The second-order valence-electron chi connectivity index (χ2n) is 10.2. The third kappa shape index (κ3) is 4.52. The average molecular weight is 430 g/mol. The molecule has 1 atom stereocenters. The van der Waals surface area contributed by atoms with Crippen LogP contribution in [0.2, 0.25) is 0 Å². The summed E-state index contributed by atoms with van der Waals surface area (Å²) >= 11 is 0. The number of halogens is 1. The fraction of sp³-hybridized carbons (Fsp3) is 0.654. The molecule has 0 aromatic heterocycles. The van der Waals surface area contributed by atoms with E-state index in [1.54, 1.807) is 0 Å². The number of hydrogen-bond acceptors (Lipinski definition) is 3. The molecule has 5 rings (SSSR count). The molecule has 1 amide bonds. The number of hydrogen-bond donors (Lipinski definition) is 1. The molecule has 0 radical (unpaired) electrons. The average Bonchev–Trinajstić information content (AvgIpc) is 2.81. The monoisotopic (exact) mass is 429 g/mol. The van der Waals surface area contributed by atoms with Crippen molar-refractivity contribution in [2.45, 2.75) is 82.6 Å². The highest BCUT2D eigenvalue weighted by Crippen LogP contribution is 2.58. The van der Waals surface area contributed by atoms with Gasteiger partial charge in [0, 0.05) is 12.0 Å². The van der Waals surface area contributed by atoms with Crippen LogP contribution in [0.5, 0.6) is 5.75 Å². The zero-order valence-electron chi connectivity index (χ0n) is 19.0. The van der Waals surface area contributed by atoms with Crippen molar-refractivity contribution in [2.24, 2.45) is 5.41 Å². The lowest BCUT2D eigenvalue weighted by Crippen LogP contribution is -2.58. The summed E-state index contributed by atoms with van der Waals surface area (Å²) in [4.78, 5) is 13.3. The smallest absolute Gasteiger partial charge is 0.226 e. The zero-order valence-corrected chi connectivity index (χ0v) is 19.0. The van der Waals surface area contributed by atoms with Gasteiger partial charge in [-0.2, -0.15) is 0 Å². The molecule has 1 aliphatic heterocycles. The summed E-state index contributed by atoms with van der Waals surface area (Å²) in [5, 5.41) is 3.36. The first kappa shape index (κ1) is 22.3. The summed E-state index contributed by atoms with van der Waals surface area (Å²) in [7, 11) is 0. The number of fused-ring (bicyclic) bond motifs is 3. The molecule has 4 fully saturated rings. The molecular weight excluding hydrogens is 393 g/mol. The summed E-state index contributed by atoms with van der Waals surface area (Å²) in [6.45, 7) is 5.75. The lowest BCUT2D eigenvalue weighted by Gasteiger charge is -2.53. The Morgan fingerprint density at radius 3 is 2.35 bits per heavy atom. The number of rotatable bonds is 7. The number of ether oxygens (including phenoxy) is 2. The van der Waals surface area contributed by atoms with E-state index in [9.17, 15) is 9.18 Å². The van der Waals surface area contributed by atoms with Crippen LogP contribution in [0.15, 0.2) is 36.2 Å². The van der Waals surface area contributed by atoms with Crippen molar-refractivity contribution in [1.29, 1.82) is 0 Å². The minimum atomic E-state index is -0.221. The summed E-state index contributed by atoms with van der Waals surface area (Å²) in [6.07, 6.45) is 9.32. The van der Waals surface area contributed by atoms with Crippen LogP contribution in [0.25, 0.3) is 0 Å². The summed E-state index contributed by atoms with van der Waals surface area (Å²) < 4.78 is 24.1. The Morgan fingerprint density at radius 2 is 1.81 bits per heavy atom. The molecule has 5 heteroatoms. The van der Waals surface area contributed by atoms with E-state index >= 15 is 0 Å². The Bertz CT molecular complexity index is 786. The molecule has 31 heavy (non-hydrogen) atoms. The molecular formula is C26H36FNO3. The van der Waals surface area contributed by atoms with E-state index in [0.29, 0.717) is 31.5 Å². The summed E-state index contributed by atoms with van der Waals surface area (Å²) in [5.74, 6) is 1.02. The van der Waals surface area contributed by atoms with Crippen LogP contribution in [-0.4, -0.2) is 31.3 Å². The molecule has 1 aromatic carbocycles. The molecule has 1 aromatic rings. The van der Waals surface area contributed by atoms with Gasteiger partial charge in [-0.25, -0.2) is 4.39 Å². The van der Waals surface area contributed by atoms with Crippen molar-refractivity contribution in [2.75, 3.05) is 19.8 Å². The van der Waals surface area contributed by atoms with Gasteiger partial charge in [0.15, 0.2) is 0 Å². The SMILES string of the molecule is CCC(=CF)COc1ccc(C23CCC(C(=O)NC4(C)CCCOC4)(CC2)CC3)cc1. The second-order valence-corrected chi connectivity index (χ2v) is 10.2. The lowest BCUT2D eigenvalue weighted by molar-refractivity contribution is -0.141. The van der Waals surface area contributed by atoms with Gasteiger partial charge in [-0.05, 0) is 93.4 Å². The quantitative estimate of drug-likeness (QED) is 0.613. The number of nitrogens with one attached hydrogen (secondary N) is 1. The first-order valence-corrected chi connectivity index (χ1v) is 11.8. The third-order valence-corrected chi connectivity index (χ3v) is 8.08. The predicted molar refractivity (Wildman–Crippen MR) is 120 cm³/mol. The fourth-order valence-corrected chi connectivity index (χ4v) is 5.69. The molecule has 3 aliphatic carbocycles. The van der Waals surface area contributed by atoms with Gasteiger partial charge in [0.05, 0.1) is 18.5 Å². The highest BCUT2D eigenvalue weighted by atomic mass is 19.1. The molecule has 3 saturated carbocycles. The Hall–Kier alpha value is -1.88. The van der Waals surface area contributed by atoms with Crippen molar-refractivity contribution in [3.8, 4) is 5.75 Å². The topological polar surface area (TPSA) is 47.6 Å². The number of carbonyl (C=O) groups is 1. The van der Waals surface area contributed by atoms with E-state index in [-0.39, 0.29) is 22.3 Å². The van der Waals surface area contributed by atoms with Gasteiger partial charge >= 0.3 is 0 Å². The molecule has 1 N–H and O–H groups in total. The maximum Gasteiger partial charge on any atom is 0.226 e. The molecule has 1 heterocycles. The minimum Gasteiger partial charge on any atom is -0.489 e. The first-order chi connectivity index (χ1) is 14.9. The molecule has 170 valence electrons. The standard InChI is InChI=1S/C26H36FNO3/c1-3-20(17-27)18-31-22-7-5-21(6-8-22)25-10-13-26(14-11-25,15-12-25)23(29)28-24(2)9-4-16-30-19-24/h5-8,17H,3-4,9-16,18-19H2,1-2H3,(H,28,29).